The lowest BCUT2D eigenvalue weighted by Gasteiger charge is -2.16. The highest BCUT2D eigenvalue weighted by Gasteiger charge is 2.20. The van der Waals surface area contributed by atoms with Gasteiger partial charge in [-0.3, -0.25) is 19.8 Å². The number of aromatic nitrogens is 3. The van der Waals surface area contributed by atoms with Gasteiger partial charge in [0.05, 0.1) is 49.9 Å². The summed E-state index contributed by atoms with van der Waals surface area (Å²) in [6.45, 7) is 3.77. The lowest BCUT2D eigenvalue weighted by molar-refractivity contribution is 0.254. The van der Waals surface area contributed by atoms with Crippen molar-refractivity contribution in [3.05, 3.63) is 92.0 Å². The number of H-pyrrole nitrogens is 1. The fourth-order valence-electron chi connectivity index (χ4n) is 5.77. The smallest absolute Gasteiger partial charge is 0.335 e. The molecule has 5 aromatic rings. The number of rotatable bonds is 13. The van der Waals surface area contributed by atoms with Crippen molar-refractivity contribution in [3.63, 3.8) is 0 Å². The molecule has 6 rings (SSSR count). The molecule has 0 unspecified atom stereocenters. The summed E-state index contributed by atoms with van der Waals surface area (Å²) >= 11 is 6.18. The molecule has 1 saturated heterocycles. The minimum absolute atomic E-state index is 0.0395. The predicted molar refractivity (Wildman–Crippen MR) is 190 cm³/mol. The molecule has 1 fully saturated rings. The molecule has 13 nitrogen and oxygen atoms in total. The van der Waals surface area contributed by atoms with Gasteiger partial charge in [-0.1, -0.05) is 11.6 Å². The summed E-state index contributed by atoms with van der Waals surface area (Å²) in [5, 5.41) is 11.8. The number of pyridine rings is 1. The Labute approximate surface area is 296 Å². The summed E-state index contributed by atoms with van der Waals surface area (Å²) < 4.78 is 44.3. The first-order valence-corrected chi connectivity index (χ1v) is 16.4. The van der Waals surface area contributed by atoms with Crippen LogP contribution in [0.2, 0.25) is 5.02 Å². The minimum Gasteiger partial charge on any atom is -0.495 e. The zero-order chi connectivity index (χ0) is 36.1. The Kier molecular flexibility index (Phi) is 10.7. The molecule has 0 radical (unpaired) electrons. The average molecular weight is 720 g/mol. The lowest BCUT2D eigenvalue weighted by atomic mass is 10.1. The van der Waals surface area contributed by atoms with Crippen LogP contribution in [0.1, 0.15) is 24.8 Å². The van der Waals surface area contributed by atoms with Crippen molar-refractivity contribution in [2.45, 2.75) is 19.3 Å². The van der Waals surface area contributed by atoms with Crippen LogP contribution in [0, 0.1) is 5.82 Å². The number of nitrogens with one attached hydrogen (secondary N) is 1. The van der Waals surface area contributed by atoms with E-state index in [-0.39, 0.29) is 39.2 Å². The van der Waals surface area contributed by atoms with Crippen LogP contribution in [0.25, 0.3) is 16.6 Å². The van der Waals surface area contributed by atoms with Gasteiger partial charge in [-0.15, -0.1) is 0 Å². The molecule has 0 spiro atoms. The third-order valence-corrected chi connectivity index (χ3v) is 8.65. The van der Waals surface area contributed by atoms with Gasteiger partial charge in [0.1, 0.15) is 22.8 Å². The van der Waals surface area contributed by atoms with Crippen LogP contribution in [-0.4, -0.2) is 78.3 Å². The number of ether oxygens (including phenoxy) is 5. The highest BCUT2D eigenvalue weighted by atomic mass is 35.5. The fraction of sp³-hybridized carbons (Fsp3) is 0.278. The summed E-state index contributed by atoms with van der Waals surface area (Å²) in [5.41, 5.74) is -1.55. The van der Waals surface area contributed by atoms with Crippen molar-refractivity contribution in [1.82, 2.24) is 19.4 Å². The van der Waals surface area contributed by atoms with Crippen molar-refractivity contribution in [2.75, 3.05) is 47.6 Å². The highest BCUT2D eigenvalue weighted by Crippen LogP contribution is 2.39. The Morgan fingerprint density at radius 3 is 2.43 bits per heavy atom. The topological polar surface area (TPSA) is 150 Å². The number of aliphatic imine (C=N–C) groups is 1. The summed E-state index contributed by atoms with van der Waals surface area (Å²) in [5.74, 6) is 0.0914. The average Bonchev–Trinajstić information content (AvgIpc) is 3.65. The van der Waals surface area contributed by atoms with Crippen LogP contribution in [0.5, 0.6) is 40.4 Å². The predicted octanol–water partition coefficient (Wildman–Crippen LogP) is 6.01. The van der Waals surface area contributed by atoms with E-state index in [1.54, 1.807) is 31.5 Å². The Morgan fingerprint density at radius 2 is 1.71 bits per heavy atom. The second-order valence-electron chi connectivity index (χ2n) is 11.5. The van der Waals surface area contributed by atoms with Gasteiger partial charge in [0.15, 0.2) is 23.1 Å². The Hall–Kier alpha value is -5.60. The number of methoxy groups -OCH3 is 3. The third kappa shape index (κ3) is 7.61. The Morgan fingerprint density at radius 1 is 0.941 bits per heavy atom. The number of aromatic amines is 1. The Balaban J connectivity index is 1.22. The molecule has 0 aliphatic carbocycles. The van der Waals surface area contributed by atoms with E-state index in [0.717, 1.165) is 42.9 Å². The molecule has 2 N–H and O–H groups in total. The van der Waals surface area contributed by atoms with E-state index in [1.807, 2.05) is 0 Å². The van der Waals surface area contributed by atoms with Crippen LogP contribution in [0.3, 0.4) is 0 Å². The van der Waals surface area contributed by atoms with E-state index >= 15 is 4.39 Å². The number of halogens is 2. The van der Waals surface area contributed by atoms with Crippen molar-refractivity contribution in [1.29, 1.82) is 0 Å². The number of hydrogen-bond donors (Lipinski definition) is 2. The van der Waals surface area contributed by atoms with Gasteiger partial charge < -0.3 is 33.7 Å². The standard InChI is InChI=1S/C36H35ClFN5O8/c1-47-30-19-27(31(48-2)17-24(30)37)43-35(45)23(34(44)41-36(43)46)20-40-21-7-8-29(25(38)15-21)51-28-9-10-39-26-18-33(32(49-3)16-22(26)28)50-14-6-13-42-11-4-5-12-42/h7-10,15-20,45H,4-6,11-14H2,1-3H3,(H,41,44,46). The molecule has 3 heterocycles. The molecule has 0 saturated carbocycles. The molecule has 2 aromatic heterocycles. The van der Waals surface area contributed by atoms with E-state index in [4.69, 9.17) is 35.3 Å². The van der Waals surface area contributed by atoms with Crippen molar-refractivity contribution in [2.24, 2.45) is 4.99 Å². The van der Waals surface area contributed by atoms with Gasteiger partial charge in [0.25, 0.3) is 5.56 Å². The molecule has 15 heteroatoms. The largest absolute Gasteiger partial charge is 0.495 e. The van der Waals surface area contributed by atoms with Crippen LogP contribution >= 0.6 is 11.6 Å². The molecular weight excluding hydrogens is 685 g/mol. The molecule has 266 valence electrons. The molecule has 1 aliphatic rings. The van der Waals surface area contributed by atoms with E-state index in [2.05, 4.69) is 19.9 Å². The fourth-order valence-corrected chi connectivity index (χ4v) is 6.00. The van der Waals surface area contributed by atoms with Gasteiger partial charge >= 0.3 is 5.69 Å². The second kappa shape index (κ2) is 15.5. The summed E-state index contributed by atoms with van der Waals surface area (Å²) in [7, 11) is 4.26. The zero-order valence-electron chi connectivity index (χ0n) is 28.1. The van der Waals surface area contributed by atoms with E-state index < -0.39 is 22.9 Å². The van der Waals surface area contributed by atoms with Gasteiger partial charge in [0.2, 0.25) is 5.88 Å². The summed E-state index contributed by atoms with van der Waals surface area (Å²) in [4.78, 5) is 38.7. The van der Waals surface area contributed by atoms with Gasteiger partial charge in [0, 0.05) is 48.6 Å². The number of aromatic hydroxyl groups is 1. The maximum Gasteiger partial charge on any atom is 0.335 e. The molecule has 0 amide bonds. The van der Waals surface area contributed by atoms with Gasteiger partial charge in [-0.25, -0.2) is 13.8 Å². The lowest BCUT2D eigenvalue weighted by Crippen LogP contribution is -2.31. The van der Waals surface area contributed by atoms with Gasteiger partial charge in [-0.05, 0) is 56.6 Å². The first-order valence-electron chi connectivity index (χ1n) is 16.0. The highest BCUT2D eigenvalue weighted by molar-refractivity contribution is 6.32. The minimum atomic E-state index is -0.956. The summed E-state index contributed by atoms with van der Waals surface area (Å²) in [6.07, 6.45) is 5.93. The van der Waals surface area contributed by atoms with Crippen LogP contribution in [0.15, 0.2) is 69.3 Å². The van der Waals surface area contributed by atoms with Crippen molar-refractivity contribution in [3.8, 4) is 46.1 Å². The number of nitrogens with zero attached hydrogens (tertiary/aromatic N) is 4. The molecule has 3 aromatic carbocycles. The molecule has 51 heavy (non-hydrogen) atoms. The van der Waals surface area contributed by atoms with Crippen LogP contribution in [0.4, 0.5) is 10.1 Å². The van der Waals surface area contributed by atoms with Crippen molar-refractivity contribution >= 4 is 34.4 Å². The second-order valence-corrected chi connectivity index (χ2v) is 12.0. The number of benzene rings is 3. The maximum absolute atomic E-state index is 15.4. The maximum atomic E-state index is 15.4. The number of fused-ring (bicyclic) bond motifs is 1. The molecule has 1 aliphatic heterocycles. The van der Waals surface area contributed by atoms with E-state index in [0.29, 0.717) is 34.8 Å². The molecule has 0 bridgehead atoms. The number of likely N-dealkylation sites (tertiary alicyclic amines) is 1. The van der Waals surface area contributed by atoms with Crippen molar-refractivity contribution < 1.29 is 33.2 Å². The van der Waals surface area contributed by atoms with Crippen LogP contribution in [-0.2, 0) is 0 Å². The normalized spacial score (nSPS) is 13.2. The third-order valence-electron chi connectivity index (χ3n) is 8.36. The quantitative estimate of drug-likeness (QED) is 0.110. The van der Waals surface area contributed by atoms with Crippen LogP contribution < -0.4 is 34.9 Å². The monoisotopic (exact) mass is 719 g/mol. The summed E-state index contributed by atoms with van der Waals surface area (Å²) in [6, 6.07) is 11.8. The number of hydrogen-bond acceptors (Lipinski definition) is 11. The van der Waals surface area contributed by atoms with E-state index in [1.165, 1.54) is 51.3 Å². The van der Waals surface area contributed by atoms with Gasteiger partial charge in [-0.2, -0.15) is 0 Å². The zero-order valence-corrected chi connectivity index (χ0v) is 28.8. The first kappa shape index (κ1) is 35.2. The Bertz CT molecular complexity index is 2220. The van der Waals surface area contributed by atoms with E-state index in [9.17, 15) is 14.7 Å². The molecular formula is C36H35ClFN5O8. The first-order chi connectivity index (χ1) is 24.7. The SMILES string of the molecule is COc1cc(-n2c(O)c(C=Nc3ccc(Oc4ccnc5cc(OCCCN6CCCC6)c(OC)cc45)c(F)c3)c(=O)[nH]c2=O)c(OC)cc1Cl. The molecule has 0 atom stereocenters.